The highest BCUT2D eigenvalue weighted by Crippen LogP contribution is 2.05. The summed E-state index contributed by atoms with van der Waals surface area (Å²) in [5.74, 6) is -0.0976. The first-order valence-electron chi connectivity index (χ1n) is 3.30. The van der Waals surface area contributed by atoms with Gasteiger partial charge in [-0.05, 0) is 13.8 Å². The lowest BCUT2D eigenvalue weighted by atomic mass is 10.1. The minimum absolute atomic E-state index is 0.0976. The molecule has 5 heteroatoms. The molecule has 0 aromatic rings. The fraction of sp³-hybridized carbons (Fsp3) is 0.833. The topological polar surface area (TPSA) is 91.4 Å². The van der Waals surface area contributed by atoms with Crippen LogP contribution in [0.25, 0.3) is 0 Å². The van der Waals surface area contributed by atoms with Crippen molar-refractivity contribution in [3.05, 3.63) is 0 Å². The number of hydrogen-bond donors (Lipinski definition) is 4. The van der Waals surface area contributed by atoms with Crippen LogP contribution in [0.4, 0.5) is 0 Å². The first-order valence-corrected chi connectivity index (χ1v) is 3.30. The van der Waals surface area contributed by atoms with Crippen LogP contribution in [-0.4, -0.2) is 30.0 Å². The van der Waals surface area contributed by atoms with Crippen molar-refractivity contribution in [1.29, 1.82) is 5.41 Å². The third-order valence-corrected chi connectivity index (χ3v) is 1.16. The quantitative estimate of drug-likeness (QED) is 0.247. The minimum atomic E-state index is -0.500. The van der Waals surface area contributed by atoms with E-state index < -0.39 is 5.60 Å². The number of nitrogens with two attached hydrogens (primary N) is 1. The Morgan fingerprint density at radius 3 is 2.64 bits per heavy atom. The van der Waals surface area contributed by atoms with Gasteiger partial charge in [0.25, 0.3) is 0 Å². The van der Waals surface area contributed by atoms with E-state index in [1.807, 2.05) is 0 Å². The Kier molecular flexibility index (Phi) is 3.84. The van der Waals surface area contributed by atoms with Crippen LogP contribution in [0.2, 0.25) is 0 Å². The van der Waals surface area contributed by atoms with E-state index in [1.165, 1.54) is 0 Å². The van der Waals surface area contributed by atoms with Gasteiger partial charge in [0.2, 0.25) is 0 Å². The number of hydrogen-bond acceptors (Lipinski definition) is 3. The number of guanidine groups is 1. The van der Waals surface area contributed by atoms with Gasteiger partial charge < -0.3 is 20.9 Å². The Morgan fingerprint density at radius 2 is 2.27 bits per heavy atom. The highest BCUT2D eigenvalue weighted by molar-refractivity contribution is 5.74. The van der Waals surface area contributed by atoms with E-state index in [0.717, 1.165) is 0 Å². The van der Waals surface area contributed by atoms with Gasteiger partial charge in [0.15, 0.2) is 5.96 Å². The zero-order valence-corrected chi connectivity index (χ0v) is 6.85. The Balaban J connectivity index is 3.63. The molecule has 11 heavy (non-hydrogen) atoms. The molecular weight excluding hydrogens is 146 g/mol. The normalized spacial score (nSPS) is 11.2. The largest absolute Gasteiger partial charge is 0.371 e. The molecule has 0 aliphatic rings. The molecule has 5 N–H and O–H groups in total. The number of ether oxygens (including phenoxy) is 1. The summed E-state index contributed by atoms with van der Waals surface area (Å²) >= 11 is 0. The van der Waals surface area contributed by atoms with Crippen LogP contribution in [-0.2, 0) is 4.74 Å². The second kappa shape index (κ2) is 4.15. The van der Waals surface area contributed by atoms with Crippen LogP contribution in [0.5, 0.6) is 0 Å². The molecule has 0 amide bonds. The lowest BCUT2D eigenvalue weighted by molar-refractivity contribution is -0.0942. The zero-order valence-electron chi connectivity index (χ0n) is 6.85. The Bertz CT molecular complexity index is 136. The van der Waals surface area contributed by atoms with Crippen LogP contribution >= 0.6 is 0 Å². The first-order chi connectivity index (χ1) is 4.98. The minimum Gasteiger partial charge on any atom is -0.371 e. The van der Waals surface area contributed by atoms with Crippen molar-refractivity contribution in [2.75, 3.05) is 13.3 Å². The van der Waals surface area contributed by atoms with Gasteiger partial charge in [-0.25, -0.2) is 0 Å². The van der Waals surface area contributed by atoms with Crippen molar-refractivity contribution >= 4 is 5.96 Å². The molecule has 0 aliphatic heterocycles. The van der Waals surface area contributed by atoms with E-state index in [2.05, 4.69) is 5.32 Å². The van der Waals surface area contributed by atoms with Crippen molar-refractivity contribution in [3.8, 4) is 0 Å². The SMILES string of the molecule is CC(C)(CNC(=N)N)OCO. The number of rotatable bonds is 4. The van der Waals surface area contributed by atoms with E-state index in [4.69, 9.17) is 21.0 Å². The van der Waals surface area contributed by atoms with Crippen LogP contribution in [0, 0.1) is 5.41 Å². The summed E-state index contributed by atoms with van der Waals surface area (Å²) in [7, 11) is 0. The predicted molar refractivity (Wildman–Crippen MR) is 42.2 cm³/mol. The van der Waals surface area contributed by atoms with E-state index in [9.17, 15) is 0 Å². The van der Waals surface area contributed by atoms with Gasteiger partial charge in [0, 0.05) is 6.54 Å². The molecule has 0 unspecified atom stereocenters. The molecular formula is C6H15N3O2. The maximum atomic E-state index is 8.43. The Morgan fingerprint density at radius 1 is 1.73 bits per heavy atom. The first kappa shape index (κ1) is 10.2. The summed E-state index contributed by atoms with van der Waals surface area (Å²) < 4.78 is 4.92. The molecule has 0 rings (SSSR count). The fourth-order valence-electron chi connectivity index (χ4n) is 0.534. The number of nitrogens with one attached hydrogen (secondary N) is 2. The third kappa shape index (κ3) is 5.63. The molecule has 0 saturated carbocycles. The zero-order chi connectivity index (χ0) is 8.91. The van der Waals surface area contributed by atoms with E-state index in [1.54, 1.807) is 13.8 Å². The van der Waals surface area contributed by atoms with E-state index in [0.29, 0.717) is 6.54 Å². The Labute approximate surface area is 66.0 Å². The van der Waals surface area contributed by atoms with E-state index >= 15 is 0 Å². The van der Waals surface area contributed by atoms with Gasteiger partial charge in [-0.3, -0.25) is 5.41 Å². The highest BCUT2D eigenvalue weighted by atomic mass is 16.6. The summed E-state index contributed by atoms with van der Waals surface area (Å²) in [5, 5.41) is 17.9. The smallest absolute Gasteiger partial charge is 0.185 e. The van der Waals surface area contributed by atoms with Gasteiger partial charge in [-0.2, -0.15) is 0 Å². The van der Waals surface area contributed by atoms with Gasteiger partial charge in [-0.15, -0.1) is 0 Å². The molecule has 5 nitrogen and oxygen atoms in total. The summed E-state index contributed by atoms with van der Waals surface area (Å²) in [5.41, 5.74) is 4.55. The standard InChI is InChI=1S/C6H15N3O2/c1-6(2,11-4-10)3-9-5(7)8/h10H,3-4H2,1-2H3,(H4,7,8,9). The molecule has 66 valence electrons. The highest BCUT2D eigenvalue weighted by Gasteiger charge is 2.17. The third-order valence-electron chi connectivity index (χ3n) is 1.16. The van der Waals surface area contributed by atoms with Crippen LogP contribution in [0.15, 0.2) is 0 Å². The second-order valence-electron chi connectivity index (χ2n) is 2.80. The second-order valence-corrected chi connectivity index (χ2v) is 2.80. The molecule has 0 aliphatic carbocycles. The van der Waals surface area contributed by atoms with Gasteiger partial charge >= 0.3 is 0 Å². The molecule has 0 fully saturated rings. The van der Waals surface area contributed by atoms with Gasteiger partial charge in [-0.1, -0.05) is 0 Å². The number of aliphatic hydroxyl groups excluding tert-OH is 1. The Hall–Kier alpha value is -0.810. The molecule has 0 radical (unpaired) electrons. The van der Waals surface area contributed by atoms with Gasteiger partial charge in [0.05, 0.1) is 5.60 Å². The van der Waals surface area contributed by atoms with Crippen molar-refractivity contribution < 1.29 is 9.84 Å². The monoisotopic (exact) mass is 161 g/mol. The summed E-state index contributed by atoms with van der Waals surface area (Å²) in [6.07, 6.45) is 0. The van der Waals surface area contributed by atoms with Crippen LogP contribution in [0.1, 0.15) is 13.8 Å². The molecule has 0 spiro atoms. The molecule has 0 aromatic heterocycles. The maximum Gasteiger partial charge on any atom is 0.185 e. The van der Waals surface area contributed by atoms with Crippen molar-refractivity contribution in [3.63, 3.8) is 0 Å². The van der Waals surface area contributed by atoms with E-state index in [-0.39, 0.29) is 12.8 Å². The van der Waals surface area contributed by atoms with Crippen LogP contribution < -0.4 is 11.1 Å². The lowest BCUT2D eigenvalue weighted by Gasteiger charge is -2.24. The summed E-state index contributed by atoms with van der Waals surface area (Å²) in [6, 6.07) is 0. The molecule has 0 aromatic carbocycles. The predicted octanol–water partition coefficient (Wildman–Crippen LogP) is -0.786. The van der Waals surface area contributed by atoms with Crippen molar-refractivity contribution in [2.24, 2.45) is 5.73 Å². The van der Waals surface area contributed by atoms with Crippen LogP contribution in [0.3, 0.4) is 0 Å². The van der Waals surface area contributed by atoms with Crippen molar-refractivity contribution in [1.82, 2.24) is 5.32 Å². The molecule has 0 heterocycles. The van der Waals surface area contributed by atoms with Crippen molar-refractivity contribution in [2.45, 2.75) is 19.4 Å². The molecule has 0 bridgehead atoms. The fourth-order valence-corrected chi connectivity index (χ4v) is 0.534. The average molecular weight is 161 g/mol. The molecule has 0 atom stereocenters. The summed E-state index contributed by atoms with van der Waals surface area (Å²) in [4.78, 5) is 0. The molecule has 0 saturated heterocycles. The summed E-state index contributed by atoms with van der Waals surface area (Å²) in [6.45, 7) is 3.66. The number of aliphatic hydroxyl groups is 1. The van der Waals surface area contributed by atoms with Gasteiger partial charge in [0.1, 0.15) is 6.79 Å². The average Bonchev–Trinajstić information content (AvgIpc) is 1.84. The maximum absolute atomic E-state index is 8.43. The lowest BCUT2D eigenvalue weighted by Crippen LogP contribution is -2.43.